The predicted octanol–water partition coefficient (Wildman–Crippen LogP) is 19.6. The number of carbonyl (C=O) groups excluding carboxylic acids is 3. The van der Waals surface area contributed by atoms with Gasteiger partial charge in [0.2, 0.25) is 17.6 Å². The van der Waals surface area contributed by atoms with E-state index in [0.717, 1.165) is 69.6 Å². The Hall–Kier alpha value is -13.3. The number of esters is 2. The van der Waals surface area contributed by atoms with Crippen LogP contribution in [0.4, 0.5) is 45.0 Å². The molecule has 17 rings (SSSR count). The second-order valence-corrected chi connectivity index (χ2v) is 35.8. The molecule has 1 amide bonds. The lowest BCUT2D eigenvalue weighted by Gasteiger charge is -2.32. The number of methoxy groups -OCH3 is 10. The van der Waals surface area contributed by atoms with Gasteiger partial charge in [-0.05, 0) is 175 Å². The lowest BCUT2D eigenvalue weighted by Crippen LogP contribution is -2.41. The molecule has 2 fully saturated rings. The first-order chi connectivity index (χ1) is 66.6. The minimum absolute atomic E-state index is 0.123. The van der Waals surface area contributed by atoms with E-state index in [-0.39, 0.29) is 47.7 Å². The monoisotopic (exact) mass is 2050 g/mol. The summed E-state index contributed by atoms with van der Waals surface area (Å²) in [4.78, 5) is 102. The number of rotatable bonds is 21. The molecule has 0 unspecified atom stereocenters. The van der Waals surface area contributed by atoms with Gasteiger partial charge in [0.15, 0.2) is 85.1 Å². The van der Waals surface area contributed by atoms with Crippen LogP contribution >= 0.6 is 88.5 Å². The zero-order valence-electron chi connectivity index (χ0n) is 78.8. The number of nitrogens with one attached hydrogen (secondary N) is 4. The molecule has 1 radical (unpaired) electrons. The van der Waals surface area contributed by atoms with Gasteiger partial charge in [0.25, 0.3) is 0 Å². The third kappa shape index (κ3) is 29.9. The van der Waals surface area contributed by atoms with Crippen LogP contribution in [0.1, 0.15) is 86.0 Å². The number of carboxylic acid groups (broad SMARTS) is 1. The number of nitrogens with two attached hydrogens (primary N) is 1. The van der Waals surface area contributed by atoms with Gasteiger partial charge in [-0.3, -0.25) is 4.57 Å². The van der Waals surface area contributed by atoms with E-state index in [1.54, 1.807) is 189 Å². The molecular formula is C92H99B2Cl3N18O19PS4. The Kier molecular flexibility index (Phi) is 39.8. The van der Waals surface area contributed by atoms with Crippen molar-refractivity contribution in [3.63, 3.8) is 0 Å². The van der Waals surface area contributed by atoms with Gasteiger partial charge in [-0.25, -0.2) is 74.0 Å². The second-order valence-electron chi connectivity index (χ2n) is 30.7. The van der Waals surface area contributed by atoms with E-state index in [1.165, 1.54) is 65.6 Å². The number of nitrogen functional groups attached to an aromatic ring is 1. The average Bonchev–Trinajstić information content (AvgIpc) is 1.61. The van der Waals surface area contributed by atoms with Crippen LogP contribution in [0.3, 0.4) is 0 Å². The molecule has 7 aromatic carbocycles. The average molecular weight is 2050 g/mol. The van der Waals surface area contributed by atoms with E-state index in [1.807, 2.05) is 97.0 Å². The molecule has 2 saturated heterocycles. The second kappa shape index (κ2) is 51.4. The number of nitrogens with zero attached hydrogens (tertiary/aromatic N) is 13. The molecule has 2 aliphatic rings. The quantitative estimate of drug-likeness (QED) is 0.00740. The number of aromatic carboxylic acids is 1. The maximum atomic E-state index is 11.9. The summed E-state index contributed by atoms with van der Waals surface area (Å²) in [7, 11) is 15.0. The largest absolute Gasteiger partial charge is 0.494 e. The number of thiazole rings is 4. The zero-order chi connectivity index (χ0) is 101. The molecule has 0 atom stereocenters. The van der Waals surface area contributed by atoms with Crippen LogP contribution in [0.15, 0.2) is 168 Å². The molecule has 0 bridgehead atoms. The molecule has 0 saturated carbocycles. The van der Waals surface area contributed by atoms with Crippen molar-refractivity contribution in [3.05, 3.63) is 200 Å². The van der Waals surface area contributed by atoms with Gasteiger partial charge >= 0.3 is 31.1 Å². The van der Waals surface area contributed by atoms with Crippen LogP contribution in [0.5, 0.6) is 46.0 Å². The van der Waals surface area contributed by atoms with Gasteiger partial charge in [0.05, 0.1) is 129 Å². The number of hydrogen-bond acceptors (Lipinski definition) is 39. The van der Waals surface area contributed by atoms with Gasteiger partial charge in [0, 0.05) is 77.8 Å². The Labute approximate surface area is 834 Å². The number of hydrogen-bond donors (Lipinski definition) is 6. The van der Waals surface area contributed by atoms with Crippen molar-refractivity contribution in [2.45, 2.75) is 78.5 Å². The van der Waals surface area contributed by atoms with E-state index < -0.39 is 24.7 Å². The third-order valence-electron chi connectivity index (χ3n) is 19.9. The van der Waals surface area contributed by atoms with Crippen molar-refractivity contribution in [1.82, 2.24) is 70.0 Å². The highest BCUT2D eigenvalue weighted by atomic mass is 35.5. The number of halogens is 3. The smallest absolute Gasteiger partial charge is 0.493 e. The van der Waals surface area contributed by atoms with Crippen molar-refractivity contribution in [2.75, 3.05) is 119 Å². The van der Waals surface area contributed by atoms with Crippen LogP contribution < -0.4 is 70.4 Å². The van der Waals surface area contributed by atoms with Gasteiger partial charge in [-0.15, -0.1) is 45.3 Å². The molecule has 0 spiro atoms. The minimum Gasteiger partial charge on any atom is -0.493 e. The van der Waals surface area contributed by atoms with Crippen LogP contribution in [0.25, 0.3) is 64.2 Å². The highest BCUT2D eigenvalue weighted by molar-refractivity contribution is 7.60. The number of aromatic nitrogens is 12. The Morgan fingerprint density at radius 2 is 0.863 bits per heavy atom. The van der Waals surface area contributed by atoms with E-state index in [4.69, 9.17) is 102 Å². The molecule has 2 aliphatic heterocycles. The highest BCUT2D eigenvalue weighted by Crippen LogP contribution is 2.40. The van der Waals surface area contributed by atoms with Crippen LogP contribution in [-0.4, -0.2) is 222 Å². The highest BCUT2D eigenvalue weighted by Gasteiger charge is 2.52. The number of carboxylic acids is 1. The SMILES string of the molecule is CC(C)(C)OC(=O)N1CCCNCC1.COC(=O)c1cccc(-c2nc(Nc3ccc(OC)c(OC)c3)c3ncsc3n2)c1.COC(=O)c1cccc(B2OC(C)(C)C(C)(C)O2)c1.COc1ccc(N)cc1OC.COc1ccc(Nc2nc(-c3cccc(C(=O)O)c3)nc3scnc23)cc1OC.COc1ccc(Nc2nc(Cl)nc3scnc23)cc1OC.C[B]P=O.Clc1nc(Cl)c2ncsc2n1. The first-order valence-corrected chi connectivity index (χ1v) is 47.4. The molecule has 37 nitrogen and oxygen atoms in total. The first-order valence-electron chi connectivity index (χ1n) is 41.9. The van der Waals surface area contributed by atoms with Gasteiger partial charge in [-0.1, -0.05) is 54.8 Å². The number of benzene rings is 7. The molecule has 47 heteroatoms. The summed E-state index contributed by atoms with van der Waals surface area (Å²) < 4.78 is 77.7. The van der Waals surface area contributed by atoms with E-state index in [0.29, 0.717) is 135 Å². The standard InChI is InChI=1S/C21H18N4O4S.C20H16N4O4S.C14H19BO4.C13H11ClN4O2S.C10H20N2O2.C8H11NO2.C5HCl2N3S.CH3BOP/c1-27-15-8-7-14(10-16(15)28-2)23-19-17-20(30-11-22-17)25-18(24-19)12-5-4-6-13(9-12)21(26)29-3;1-27-14-7-6-13(9-15(14)28-2)22-18-16-19(29-10-21-16)24-17(23-18)11-4-3-5-12(8-11)20(25)26;1-13(2)14(3,4)19-15(18-13)11-8-6-7-10(9-11)12(16)17-5;1-19-8-4-3-7(5-9(8)20-2)16-11-10-12(21-6-15-10)18-13(14)17-11;1-10(2,3)14-9(13)12-7-4-5-11-6-8-12;1-10-7-4-3-6(9)5-8(7)11-2;6-3-2-4(11-1-8-2)10-5(7)9-3;1-2-4-3/h4-11H,1-3H3,(H,23,24,25);3-10H,1-2H3,(H,25,26)(H,22,23,24);6-9H,1-5H3;3-6H,1-2H3,(H,16,17,18);11H,4-8H2,1-3H3;3-5H,9H2,1-2H3;1H;1H3. The maximum Gasteiger partial charge on any atom is 0.494 e. The molecular weight excluding hydrogens is 1950 g/mol. The third-order valence-corrected chi connectivity index (χ3v) is 23.6. The Morgan fingerprint density at radius 3 is 1.29 bits per heavy atom. The topological polar surface area (TPSA) is 458 Å². The Morgan fingerprint density at radius 1 is 0.482 bits per heavy atom. The van der Waals surface area contributed by atoms with Crippen molar-refractivity contribution in [2.24, 2.45) is 0 Å². The minimum atomic E-state index is -1.01. The summed E-state index contributed by atoms with van der Waals surface area (Å²) in [6.07, 6.45) is 0.806. The van der Waals surface area contributed by atoms with Crippen molar-refractivity contribution < 1.29 is 90.3 Å². The Bertz CT molecular complexity index is 6710. The van der Waals surface area contributed by atoms with Crippen molar-refractivity contribution in [1.29, 1.82) is 0 Å². The molecule has 727 valence electrons. The van der Waals surface area contributed by atoms with Crippen LogP contribution in [0, 0.1) is 0 Å². The molecule has 0 aliphatic carbocycles. The van der Waals surface area contributed by atoms with Crippen LogP contribution in [-0.2, 0) is 28.1 Å². The fourth-order valence-electron chi connectivity index (χ4n) is 12.4. The lowest BCUT2D eigenvalue weighted by molar-refractivity contribution is 0.00578. The summed E-state index contributed by atoms with van der Waals surface area (Å²) in [6.45, 7) is 20.3. The van der Waals surface area contributed by atoms with Gasteiger partial charge in [0.1, 0.15) is 42.2 Å². The van der Waals surface area contributed by atoms with Gasteiger partial charge in [-0.2, -0.15) is 4.98 Å². The predicted molar refractivity (Wildman–Crippen MR) is 546 cm³/mol. The Balaban J connectivity index is 0.000000171. The normalized spacial score (nSPS) is 12.6. The summed E-state index contributed by atoms with van der Waals surface area (Å²) in [5.74, 6) is 5.77. The van der Waals surface area contributed by atoms with E-state index in [9.17, 15) is 28.8 Å². The number of ether oxygens (including phenoxy) is 11. The number of carbonyl (C=O) groups is 4. The lowest BCUT2D eigenvalue weighted by atomic mass is 9.78. The fourth-order valence-corrected chi connectivity index (χ4v) is 15.8. The summed E-state index contributed by atoms with van der Waals surface area (Å²) in [6, 6.07) is 42.3. The van der Waals surface area contributed by atoms with E-state index >= 15 is 0 Å². The molecule has 10 heterocycles. The van der Waals surface area contributed by atoms with Crippen LogP contribution in [0.2, 0.25) is 22.5 Å². The summed E-state index contributed by atoms with van der Waals surface area (Å²) in [5, 5.41) is 22.8. The fraction of sp³-hybridized carbons (Fsp3) is 0.283. The van der Waals surface area contributed by atoms with Crippen molar-refractivity contribution in [3.8, 4) is 68.8 Å². The first kappa shape index (κ1) is 108. The van der Waals surface area contributed by atoms with Crippen molar-refractivity contribution >= 4 is 214 Å². The number of fused-ring (bicyclic) bond motifs is 4. The number of anilines is 7. The van der Waals surface area contributed by atoms with Gasteiger partial charge < -0.3 is 98.4 Å². The summed E-state index contributed by atoms with van der Waals surface area (Å²) in [5.41, 5.74) is 19.9. The molecule has 8 aromatic heterocycles. The molecule has 15 aromatic rings. The zero-order valence-corrected chi connectivity index (χ0v) is 85.2. The summed E-state index contributed by atoms with van der Waals surface area (Å²) >= 11 is 22.8. The molecule has 139 heavy (non-hydrogen) atoms. The number of amides is 1. The van der Waals surface area contributed by atoms with E-state index in [2.05, 4.69) is 81.1 Å². The molecule has 7 N–H and O–H groups in total. The maximum absolute atomic E-state index is 11.9.